The molecule has 0 atom stereocenters. The Balaban J connectivity index is 1.55. The van der Waals surface area contributed by atoms with Crippen LogP contribution in [0.1, 0.15) is 36.5 Å². The van der Waals surface area contributed by atoms with Crippen LogP contribution in [-0.4, -0.2) is 63.7 Å². The number of nitrogens with one attached hydrogen (secondary N) is 1. The van der Waals surface area contributed by atoms with Gasteiger partial charge in [0.25, 0.3) is 5.91 Å². The summed E-state index contributed by atoms with van der Waals surface area (Å²) >= 11 is 0. The lowest BCUT2D eigenvalue weighted by molar-refractivity contribution is -0.114. The molecule has 2 aromatic carbocycles. The molecule has 2 heterocycles. The monoisotopic (exact) mass is 487 g/mol. The molecule has 34 heavy (non-hydrogen) atoms. The number of anilines is 2. The fourth-order valence-corrected chi connectivity index (χ4v) is 5.12. The number of carbonyl (C=O) groups excluding carboxylic acids is 2. The van der Waals surface area contributed by atoms with Gasteiger partial charge in [-0.1, -0.05) is 12.1 Å². The lowest BCUT2D eigenvalue weighted by Crippen LogP contribution is -2.39. The number of hydrogen-bond donors (Lipinski definition) is 1. The number of benzene rings is 2. The van der Waals surface area contributed by atoms with Gasteiger partial charge in [-0.2, -0.15) is 0 Å². The molecule has 2 aromatic rings. The molecule has 0 aromatic heterocycles. The van der Waals surface area contributed by atoms with Gasteiger partial charge in [-0.05, 0) is 50.5 Å². The Morgan fingerprint density at radius 1 is 1.00 bits per heavy atom. The number of nitrogens with zero attached hydrogens (tertiary/aromatic N) is 2. The van der Waals surface area contributed by atoms with Gasteiger partial charge in [-0.3, -0.25) is 13.9 Å². The minimum Gasteiger partial charge on any atom is -0.486 e. The summed E-state index contributed by atoms with van der Waals surface area (Å²) < 4.78 is 37.8. The number of carbonyl (C=O) groups is 2. The van der Waals surface area contributed by atoms with E-state index < -0.39 is 22.5 Å². The Bertz CT molecular complexity index is 1160. The summed E-state index contributed by atoms with van der Waals surface area (Å²) in [5.74, 6) is 0.0846. The summed E-state index contributed by atoms with van der Waals surface area (Å²) in [7, 11) is -3.77. The molecule has 10 heteroatoms. The highest BCUT2D eigenvalue weighted by Crippen LogP contribution is 2.35. The molecule has 4 rings (SSSR count). The lowest BCUT2D eigenvalue weighted by atomic mass is 10.1. The van der Waals surface area contributed by atoms with Crippen molar-refractivity contribution in [1.82, 2.24) is 4.90 Å². The predicted molar refractivity (Wildman–Crippen MR) is 129 cm³/mol. The molecule has 1 N–H and O–H groups in total. The van der Waals surface area contributed by atoms with E-state index in [0.29, 0.717) is 54.7 Å². The minimum absolute atomic E-state index is 0.138. The molecule has 0 saturated carbocycles. The third-order valence-electron chi connectivity index (χ3n) is 5.88. The van der Waals surface area contributed by atoms with Gasteiger partial charge in [0.2, 0.25) is 15.9 Å². The third-order valence-corrected chi connectivity index (χ3v) is 7.62. The van der Waals surface area contributed by atoms with Crippen LogP contribution in [0.5, 0.6) is 11.5 Å². The van der Waals surface area contributed by atoms with E-state index in [9.17, 15) is 18.0 Å². The first-order chi connectivity index (χ1) is 16.4. The van der Waals surface area contributed by atoms with Crippen LogP contribution in [0.25, 0.3) is 0 Å². The second-order valence-electron chi connectivity index (χ2n) is 8.18. The molecule has 182 valence electrons. The molecular formula is C24H29N3O6S. The second-order valence-corrected chi connectivity index (χ2v) is 10.4. The number of fused-ring (bicyclic) bond motifs is 1. The molecule has 2 amide bonds. The van der Waals surface area contributed by atoms with Crippen molar-refractivity contribution in [1.29, 1.82) is 0 Å². The highest BCUT2D eigenvalue weighted by molar-refractivity contribution is 7.92. The minimum atomic E-state index is -3.77. The number of para-hydroxylation sites is 1. The normalized spacial score (nSPS) is 15.5. The number of hydrogen-bond acceptors (Lipinski definition) is 6. The Kier molecular flexibility index (Phi) is 7.26. The maximum atomic E-state index is 13.0. The standard InChI is InChI=1S/C24H29N3O6S/c1-2-34(30,31)27(18-10-11-21-22(16-18)33-15-14-32-21)17-23(28)25-20-9-5-4-8-19(20)24(29)26-12-6-3-7-13-26/h4-5,8-11,16H,2-3,6-7,12-15,17H2,1H3,(H,25,28). The van der Waals surface area contributed by atoms with Crippen LogP contribution in [0, 0.1) is 0 Å². The quantitative estimate of drug-likeness (QED) is 0.644. The average Bonchev–Trinajstić information content (AvgIpc) is 2.87. The van der Waals surface area contributed by atoms with E-state index in [1.165, 1.54) is 6.92 Å². The molecule has 0 unspecified atom stereocenters. The molecule has 0 radical (unpaired) electrons. The van der Waals surface area contributed by atoms with Crippen molar-refractivity contribution in [2.45, 2.75) is 26.2 Å². The van der Waals surface area contributed by atoms with E-state index in [1.807, 2.05) is 0 Å². The van der Waals surface area contributed by atoms with Crippen molar-refractivity contribution in [2.75, 3.05) is 48.2 Å². The third kappa shape index (κ3) is 5.27. The van der Waals surface area contributed by atoms with E-state index in [4.69, 9.17) is 9.47 Å². The van der Waals surface area contributed by atoms with Gasteiger partial charge in [0.1, 0.15) is 19.8 Å². The molecule has 0 spiro atoms. The second kappa shape index (κ2) is 10.3. The zero-order valence-electron chi connectivity index (χ0n) is 19.2. The van der Waals surface area contributed by atoms with Crippen LogP contribution < -0.4 is 19.1 Å². The molecule has 2 aliphatic heterocycles. The van der Waals surface area contributed by atoms with Crippen LogP contribution in [-0.2, 0) is 14.8 Å². The summed E-state index contributed by atoms with van der Waals surface area (Å²) in [6.45, 7) is 3.23. The average molecular weight is 488 g/mol. The van der Waals surface area contributed by atoms with Crippen molar-refractivity contribution >= 4 is 33.2 Å². The Labute approximate surface area is 199 Å². The number of piperidine rings is 1. The van der Waals surface area contributed by atoms with Gasteiger partial charge in [0.15, 0.2) is 11.5 Å². The first-order valence-electron chi connectivity index (χ1n) is 11.5. The fourth-order valence-electron chi connectivity index (χ4n) is 4.06. The van der Waals surface area contributed by atoms with Crippen LogP contribution >= 0.6 is 0 Å². The highest BCUT2D eigenvalue weighted by Gasteiger charge is 2.27. The first kappa shape index (κ1) is 23.9. The maximum absolute atomic E-state index is 13.0. The van der Waals surface area contributed by atoms with Crippen molar-refractivity contribution in [3.8, 4) is 11.5 Å². The molecule has 1 saturated heterocycles. The van der Waals surface area contributed by atoms with E-state index >= 15 is 0 Å². The zero-order chi connectivity index (χ0) is 24.1. The molecule has 2 aliphatic rings. The van der Waals surface area contributed by atoms with Gasteiger partial charge in [0, 0.05) is 19.2 Å². The van der Waals surface area contributed by atoms with E-state index in [1.54, 1.807) is 47.4 Å². The molecule has 0 aliphatic carbocycles. The van der Waals surface area contributed by atoms with Gasteiger partial charge in [0.05, 0.1) is 22.7 Å². The number of rotatable bonds is 7. The van der Waals surface area contributed by atoms with Gasteiger partial charge >= 0.3 is 0 Å². The van der Waals surface area contributed by atoms with Gasteiger partial charge < -0.3 is 19.7 Å². The van der Waals surface area contributed by atoms with Crippen molar-refractivity contribution in [3.05, 3.63) is 48.0 Å². The summed E-state index contributed by atoms with van der Waals surface area (Å²) in [4.78, 5) is 27.8. The Hall–Kier alpha value is -3.27. The number of amides is 2. The molecule has 0 bridgehead atoms. The first-order valence-corrected chi connectivity index (χ1v) is 13.1. The molecular weight excluding hydrogens is 458 g/mol. The zero-order valence-corrected chi connectivity index (χ0v) is 20.0. The Morgan fingerprint density at radius 3 is 2.44 bits per heavy atom. The predicted octanol–water partition coefficient (Wildman–Crippen LogP) is 2.88. The van der Waals surface area contributed by atoms with E-state index in [2.05, 4.69) is 5.32 Å². The van der Waals surface area contributed by atoms with Crippen molar-refractivity contribution in [2.24, 2.45) is 0 Å². The lowest BCUT2D eigenvalue weighted by Gasteiger charge is -2.28. The van der Waals surface area contributed by atoms with Crippen LogP contribution in [0.15, 0.2) is 42.5 Å². The summed E-state index contributed by atoms with van der Waals surface area (Å²) in [5, 5.41) is 2.74. The smallest absolute Gasteiger partial charge is 0.255 e. The fraction of sp³-hybridized carbons (Fsp3) is 0.417. The van der Waals surface area contributed by atoms with Crippen LogP contribution in [0.4, 0.5) is 11.4 Å². The number of likely N-dealkylation sites (tertiary alicyclic amines) is 1. The summed E-state index contributed by atoms with van der Waals surface area (Å²) in [6, 6.07) is 11.6. The van der Waals surface area contributed by atoms with E-state index in [0.717, 1.165) is 23.6 Å². The SMILES string of the molecule is CCS(=O)(=O)N(CC(=O)Nc1ccccc1C(=O)N1CCCCC1)c1ccc2c(c1)OCCO2. The number of sulfonamides is 1. The Morgan fingerprint density at radius 2 is 1.71 bits per heavy atom. The topological polar surface area (TPSA) is 105 Å². The van der Waals surface area contributed by atoms with Crippen molar-refractivity contribution in [3.63, 3.8) is 0 Å². The summed E-state index contributed by atoms with van der Waals surface area (Å²) in [6.07, 6.45) is 3.02. The van der Waals surface area contributed by atoms with Crippen LogP contribution in [0.3, 0.4) is 0 Å². The van der Waals surface area contributed by atoms with Gasteiger partial charge in [-0.15, -0.1) is 0 Å². The largest absolute Gasteiger partial charge is 0.486 e. The molecule has 9 nitrogen and oxygen atoms in total. The van der Waals surface area contributed by atoms with Gasteiger partial charge in [-0.25, -0.2) is 8.42 Å². The highest BCUT2D eigenvalue weighted by atomic mass is 32.2. The number of ether oxygens (including phenoxy) is 2. The van der Waals surface area contributed by atoms with Crippen molar-refractivity contribution < 1.29 is 27.5 Å². The van der Waals surface area contributed by atoms with Crippen LogP contribution in [0.2, 0.25) is 0 Å². The summed E-state index contributed by atoms with van der Waals surface area (Å²) in [5.41, 5.74) is 1.06. The maximum Gasteiger partial charge on any atom is 0.255 e. The molecule has 1 fully saturated rings. The van der Waals surface area contributed by atoms with E-state index in [-0.39, 0.29) is 11.7 Å².